The first-order valence-corrected chi connectivity index (χ1v) is 7.24. The van der Waals surface area contributed by atoms with Gasteiger partial charge in [0, 0.05) is 11.4 Å². The molecule has 0 fully saturated rings. The number of carbonyl (C=O) groups excluding carboxylic acids is 1. The maximum Gasteiger partial charge on any atom is 0.411 e. The maximum atomic E-state index is 12.1. The highest BCUT2D eigenvalue weighted by atomic mass is 35.5. The van der Waals surface area contributed by atoms with E-state index >= 15 is 0 Å². The van der Waals surface area contributed by atoms with Gasteiger partial charge in [-0.15, -0.1) is 17.9 Å². The van der Waals surface area contributed by atoms with Gasteiger partial charge in [-0.05, 0) is 19.1 Å². The molecule has 0 spiro atoms. The molecule has 0 saturated carbocycles. The van der Waals surface area contributed by atoms with E-state index in [1.165, 1.54) is 29.2 Å². The molecule has 0 N–H and O–H groups in total. The fourth-order valence-electron chi connectivity index (χ4n) is 1.56. The Bertz CT molecular complexity index is 490. The summed E-state index contributed by atoms with van der Waals surface area (Å²) in [6, 6.07) is 3.46. The molecular weight excluding hydrogens is 327 g/mol. The summed E-state index contributed by atoms with van der Waals surface area (Å²) in [6.45, 7) is 3.85. The number of thiophene rings is 1. The van der Waals surface area contributed by atoms with E-state index < -0.39 is 24.8 Å². The van der Waals surface area contributed by atoms with Gasteiger partial charge >= 0.3 is 6.18 Å². The van der Waals surface area contributed by atoms with Gasteiger partial charge in [0.1, 0.15) is 12.7 Å². The van der Waals surface area contributed by atoms with Crippen LogP contribution in [-0.4, -0.2) is 36.2 Å². The van der Waals surface area contributed by atoms with Crippen molar-refractivity contribution in [1.29, 1.82) is 0 Å². The summed E-state index contributed by atoms with van der Waals surface area (Å²) in [5.41, 5.74) is 0. The molecule has 0 aromatic carbocycles. The van der Waals surface area contributed by atoms with Crippen LogP contribution in [0.2, 0.25) is 4.34 Å². The van der Waals surface area contributed by atoms with Gasteiger partial charge in [0.05, 0.1) is 10.9 Å². The Kier molecular flexibility index (Phi) is 6.70. The Labute approximate surface area is 130 Å². The Morgan fingerprint density at radius 1 is 1.57 bits per heavy atom. The summed E-state index contributed by atoms with van der Waals surface area (Å²) in [4.78, 5) is 14.3. The summed E-state index contributed by atoms with van der Waals surface area (Å²) in [5.74, 6) is -0.524. The van der Waals surface area contributed by atoms with Crippen LogP contribution in [-0.2, 0) is 16.1 Å². The minimum absolute atomic E-state index is 0.216. The van der Waals surface area contributed by atoms with E-state index in [0.717, 1.165) is 4.88 Å². The van der Waals surface area contributed by atoms with Crippen molar-refractivity contribution in [3.63, 3.8) is 0 Å². The number of alkyl halides is 3. The van der Waals surface area contributed by atoms with Crippen LogP contribution >= 0.6 is 22.9 Å². The first kappa shape index (κ1) is 18.0. The van der Waals surface area contributed by atoms with Crippen molar-refractivity contribution < 1.29 is 22.7 Å². The lowest BCUT2D eigenvalue weighted by Crippen LogP contribution is -2.39. The van der Waals surface area contributed by atoms with Gasteiger partial charge in [0.25, 0.3) is 5.91 Å². The SMILES string of the molecule is C=CCN(Cc1ccc(Cl)s1)C(=O)C(C)OCC(F)(F)F. The number of rotatable bonds is 7. The van der Waals surface area contributed by atoms with Crippen LogP contribution in [0.15, 0.2) is 24.8 Å². The smallest absolute Gasteiger partial charge is 0.359 e. The third-order valence-electron chi connectivity index (χ3n) is 2.48. The monoisotopic (exact) mass is 341 g/mol. The second-order valence-electron chi connectivity index (χ2n) is 4.28. The van der Waals surface area contributed by atoms with Gasteiger partial charge in [-0.2, -0.15) is 13.2 Å². The average Bonchev–Trinajstić information content (AvgIpc) is 2.79. The minimum atomic E-state index is -4.46. The standard InChI is InChI=1S/C13H15ClF3NO2S/c1-3-6-18(7-10-4-5-11(14)21-10)12(19)9(2)20-8-13(15,16)17/h3-5,9H,1,6-8H2,2H3. The molecule has 0 radical (unpaired) electrons. The predicted octanol–water partition coefficient (Wildman–Crippen LogP) is 3.88. The van der Waals surface area contributed by atoms with Gasteiger partial charge in [-0.25, -0.2) is 0 Å². The van der Waals surface area contributed by atoms with E-state index in [1.807, 2.05) is 0 Å². The molecule has 0 aliphatic heterocycles. The minimum Gasteiger partial charge on any atom is -0.359 e. The molecule has 21 heavy (non-hydrogen) atoms. The molecule has 1 unspecified atom stereocenters. The number of hydrogen-bond acceptors (Lipinski definition) is 3. The Morgan fingerprint density at radius 3 is 2.71 bits per heavy atom. The summed E-state index contributed by atoms with van der Waals surface area (Å²) >= 11 is 7.11. The van der Waals surface area contributed by atoms with Gasteiger partial charge in [0.2, 0.25) is 0 Å². The highest BCUT2D eigenvalue weighted by molar-refractivity contribution is 7.16. The van der Waals surface area contributed by atoms with Crippen molar-refractivity contribution >= 4 is 28.8 Å². The molecule has 3 nitrogen and oxygen atoms in total. The molecule has 1 rings (SSSR count). The first-order chi connectivity index (χ1) is 9.73. The third kappa shape index (κ3) is 6.50. The second-order valence-corrected chi connectivity index (χ2v) is 6.08. The molecule has 8 heteroatoms. The highest BCUT2D eigenvalue weighted by Gasteiger charge is 2.31. The van der Waals surface area contributed by atoms with Crippen LogP contribution in [0.5, 0.6) is 0 Å². The summed E-state index contributed by atoms with van der Waals surface area (Å²) < 4.78 is 41.4. The lowest BCUT2D eigenvalue weighted by atomic mass is 10.3. The number of halogens is 4. The molecule has 0 aliphatic rings. The van der Waals surface area contributed by atoms with Crippen LogP contribution in [0.4, 0.5) is 13.2 Å². The van der Waals surface area contributed by atoms with Gasteiger partial charge in [-0.1, -0.05) is 17.7 Å². The van der Waals surface area contributed by atoms with Crippen molar-refractivity contribution in [3.8, 4) is 0 Å². The molecule has 1 aromatic rings. The molecular formula is C13H15ClF3NO2S. The molecule has 1 aromatic heterocycles. The third-order valence-corrected chi connectivity index (χ3v) is 3.70. The first-order valence-electron chi connectivity index (χ1n) is 6.05. The zero-order chi connectivity index (χ0) is 16.0. The summed E-state index contributed by atoms with van der Waals surface area (Å²) in [6.07, 6.45) is -4.13. The van der Waals surface area contributed by atoms with Crippen LogP contribution < -0.4 is 0 Å². The molecule has 1 heterocycles. The van der Waals surface area contributed by atoms with Crippen LogP contribution in [0.1, 0.15) is 11.8 Å². The largest absolute Gasteiger partial charge is 0.411 e. The fraction of sp³-hybridized carbons (Fsp3) is 0.462. The quantitative estimate of drug-likeness (QED) is 0.704. The van der Waals surface area contributed by atoms with Crippen LogP contribution in [0.3, 0.4) is 0 Å². The zero-order valence-corrected chi connectivity index (χ0v) is 12.9. The molecule has 0 saturated heterocycles. The van der Waals surface area contributed by atoms with E-state index in [2.05, 4.69) is 11.3 Å². The van der Waals surface area contributed by atoms with Crippen LogP contribution in [0.25, 0.3) is 0 Å². The molecule has 1 atom stereocenters. The average molecular weight is 342 g/mol. The lowest BCUT2D eigenvalue weighted by molar-refractivity contribution is -0.188. The molecule has 118 valence electrons. The van der Waals surface area contributed by atoms with E-state index in [-0.39, 0.29) is 13.1 Å². The van der Waals surface area contributed by atoms with E-state index in [0.29, 0.717) is 4.34 Å². The predicted molar refractivity (Wildman–Crippen MR) is 76.4 cm³/mol. The van der Waals surface area contributed by atoms with E-state index in [9.17, 15) is 18.0 Å². The topological polar surface area (TPSA) is 29.5 Å². The second kappa shape index (κ2) is 7.82. The Hall–Kier alpha value is -1.05. The van der Waals surface area contributed by atoms with Gasteiger partial charge in [0.15, 0.2) is 0 Å². The van der Waals surface area contributed by atoms with Crippen molar-refractivity contribution in [2.45, 2.75) is 25.7 Å². The highest BCUT2D eigenvalue weighted by Crippen LogP contribution is 2.23. The molecule has 0 bridgehead atoms. The van der Waals surface area contributed by atoms with Crippen molar-refractivity contribution in [1.82, 2.24) is 4.90 Å². The maximum absolute atomic E-state index is 12.1. The molecule has 1 amide bonds. The normalized spacial score (nSPS) is 13.0. The van der Waals surface area contributed by atoms with Gasteiger partial charge < -0.3 is 9.64 Å². The van der Waals surface area contributed by atoms with Crippen LogP contribution in [0, 0.1) is 0 Å². The number of ether oxygens (including phenoxy) is 1. The number of carbonyl (C=O) groups is 1. The van der Waals surface area contributed by atoms with Crippen molar-refractivity contribution in [3.05, 3.63) is 34.0 Å². The number of nitrogens with zero attached hydrogens (tertiary/aromatic N) is 1. The van der Waals surface area contributed by atoms with E-state index in [4.69, 9.17) is 11.6 Å². The lowest BCUT2D eigenvalue weighted by Gasteiger charge is -2.24. The fourth-order valence-corrected chi connectivity index (χ4v) is 2.66. The Morgan fingerprint density at radius 2 is 2.24 bits per heavy atom. The Balaban J connectivity index is 2.65. The number of hydrogen-bond donors (Lipinski definition) is 0. The van der Waals surface area contributed by atoms with E-state index in [1.54, 1.807) is 12.1 Å². The number of amides is 1. The zero-order valence-electron chi connectivity index (χ0n) is 11.3. The van der Waals surface area contributed by atoms with Crippen molar-refractivity contribution in [2.24, 2.45) is 0 Å². The van der Waals surface area contributed by atoms with Gasteiger partial charge in [-0.3, -0.25) is 4.79 Å². The summed E-state index contributed by atoms with van der Waals surface area (Å²) in [5, 5.41) is 0. The van der Waals surface area contributed by atoms with Crippen molar-refractivity contribution in [2.75, 3.05) is 13.2 Å². The molecule has 0 aliphatic carbocycles. The summed E-state index contributed by atoms with van der Waals surface area (Å²) in [7, 11) is 0.